The summed E-state index contributed by atoms with van der Waals surface area (Å²) in [6, 6.07) is 5.49. The third-order valence-electron chi connectivity index (χ3n) is 1.87. The molecule has 1 amide bonds. The number of carbonyl (C=O) groups is 1. The van der Waals surface area contributed by atoms with Gasteiger partial charge in [0, 0.05) is 19.7 Å². The highest BCUT2D eigenvalue weighted by Gasteiger charge is 2.03. The van der Waals surface area contributed by atoms with Gasteiger partial charge in [-0.2, -0.15) is 0 Å². The minimum Gasteiger partial charge on any atom is -0.492 e. The van der Waals surface area contributed by atoms with Crippen molar-refractivity contribution in [3.8, 4) is 5.75 Å². The van der Waals surface area contributed by atoms with Crippen LogP contribution >= 0.6 is 0 Å². The Morgan fingerprint density at radius 3 is 2.73 bits per heavy atom. The molecule has 15 heavy (non-hydrogen) atoms. The molecule has 4 heteroatoms. The highest BCUT2D eigenvalue weighted by Crippen LogP contribution is 2.27. The van der Waals surface area contributed by atoms with Gasteiger partial charge < -0.3 is 15.4 Å². The van der Waals surface area contributed by atoms with Crippen LogP contribution < -0.4 is 15.4 Å². The lowest BCUT2D eigenvalue weighted by Gasteiger charge is -2.11. The first kappa shape index (κ1) is 11.4. The van der Waals surface area contributed by atoms with Crippen LogP contribution in [0.2, 0.25) is 0 Å². The quantitative estimate of drug-likeness (QED) is 0.796. The van der Waals surface area contributed by atoms with Crippen molar-refractivity contribution in [1.29, 1.82) is 0 Å². The molecule has 2 N–H and O–H groups in total. The zero-order valence-corrected chi connectivity index (χ0v) is 9.26. The van der Waals surface area contributed by atoms with Crippen molar-refractivity contribution in [1.82, 2.24) is 0 Å². The topological polar surface area (TPSA) is 50.4 Å². The summed E-state index contributed by atoms with van der Waals surface area (Å²) in [6.45, 7) is 4.03. The second-order valence-corrected chi connectivity index (χ2v) is 3.08. The van der Waals surface area contributed by atoms with Crippen LogP contribution in [0.15, 0.2) is 18.2 Å². The first-order valence-corrected chi connectivity index (χ1v) is 4.89. The lowest BCUT2D eigenvalue weighted by molar-refractivity contribution is -0.114. The van der Waals surface area contributed by atoms with Gasteiger partial charge in [0.2, 0.25) is 5.91 Å². The van der Waals surface area contributed by atoms with Crippen LogP contribution in [-0.2, 0) is 4.79 Å². The average Bonchev–Trinajstić information content (AvgIpc) is 2.20. The second kappa shape index (κ2) is 5.24. The summed E-state index contributed by atoms with van der Waals surface area (Å²) >= 11 is 0. The van der Waals surface area contributed by atoms with E-state index in [2.05, 4.69) is 10.6 Å². The summed E-state index contributed by atoms with van der Waals surface area (Å²) in [5, 5.41) is 5.73. The fourth-order valence-electron chi connectivity index (χ4n) is 1.29. The highest BCUT2D eigenvalue weighted by atomic mass is 16.5. The van der Waals surface area contributed by atoms with E-state index in [9.17, 15) is 4.79 Å². The molecule has 0 spiro atoms. The van der Waals surface area contributed by atoms with Gasteiger partial charge in [0.1, 0.15) is 5.75 Å². The summed E-state index contributed by atoms with van der Waals surface area (Å²) < 4.78 is 5.41. The molecule has 0 aromatic heterocycles. The normalized spacial score (nSPS) is 9.53. The molecular formula is C11H16N2O2. The minimum absolute atomic E-state index is 0.0822. The van der Waals surface area contributed by atoms with E-state index < -0.39 is 0 Å². The van der Waals surface area contributed by atoms with E-state index in [-0.39, 0.29) is 5.91 Å². The maximum atomic E-state index is 10.9. The van der Waals surface area contributed by atoms with Gasteiger partial charge in [-0.1, -0.05) is 0 Å². The molecule has 82 valence electrons. The van der Waals surface area contributed by atoms with Gasteiger partial charge in [0.05, 0.1) is 12.3 Å². The molecule has 0 aliphatic heterocycles. The van der Waals surface area contributed by atoms with Crippen molar-refractivity contribution in [3.63, 3.8) is 0 Å². The molecule has 0 bridgehead atoms. The van der Waals surface area contributed by atoms with Crippen molar-refractivity contribution in [2.24, 2.45) is 0 Å². The van der Waals surface area contributed by atoms with Gasteiger partial charge in [0.15, 0.2) is 0 Å². The molecule has 0 radical (unpaired) electrons. The Labute approximate surface area is 89.6 Å². The van der Waals surface area contributed by atoms with Crippen molar-refractivity contribution in [2.45, 2.75) is 13.8 Å². The Bertz CT molecular complexity index is 350. The maximum Gasteiger partial charge on any atom is 0.221 e. The van der Waals surface area contributed by atoms with Crippen LogP contribution in [0.5, 0.6) is 5.75 Å². The van der Waals surface area contributed by atoms with Crippen LogP contribution in [0.4, 0.5) is 11.4 Å². The van der Waals surface area contributed by atoms with Crippen molar-refractivity contribution < 1.29 is 9.53 Å². The second-order valence-electron chi connectivity index (χ2n) is 3.08. The minimum atomic E-state index is -0.0822. The van der Waals surface area contributed by atoms with Crippen LogP contribution in [-0.4, -0.2) is 19.6 Å². The van der Waals surface area contributed by atoms with E-state index in [1.165, 1.54) is 6.92 Å². The number of anilines is 2. The van der Waals surface area contributed by atoms with E-state index in [0.29, 0.717) is 6.61 Å². The molecule has 1 aromatic rings. The Morgan fingerprint density at radius 1 is 1.47 bits per heavy atom. The van der Waals surface area contributed by atoms with Crippen LogP contribution in [0, 0.1) is 0 Å². The number of ether oxygens (including phenoxy) is 1. The number of rotatable bonds is 4. The van der Waals surface area contributed by atoms with Crippen LogP contribution in [0.1, 0.15) is 13.8 Å². The molecule has 0 aliphatic rings. The summed E-state index contributed by atoms with van der Waals surface area (Å²) in [5.74, 6) is 0.704. The number of carbonyl (C=O) groups excluding carboxylic acids is 1. The fourth-order valence-corrected chi connectivity index (χ4v) is 1.29. The van der Waals surface area contributed by atoms with Crippen molar-refractivity contribution >= 4 is 17.3 Å². The van der Waals surface area contributed by atoms with E-state index in [0.717, 1.165) is 17.1 Å². The third kappa shape index (κ3) is 3.16. The molecule has 0 aliphatic carbocycles. The predicted molar refractivity (Wildman–Crippen MR) is 61.5 cm³/mol. The van der Waals surface area contributed by atoms with Gasteiger partial charge in [0.25, 0.3) is 0 Å². The molecule has 0 atom stereocenters. The van der Waals surface area contributed by atoms with E-state index >= 15 is 0 Å². The first-order chi connectivity index (χ1) is 7.17. The van der Waals surface area contributed by atoms with E-state index in [1.807, 2.05) is 32.2 Å². The van der Waals surface area contributed by atoms with Crippen LogP contribution in [0.3, 0.4) is 0 Å². The fraction of sp³-hybridized carbons (Fsp3) is 0.364. The zero-order chi connectivity index (χ0) is 11.3. The Balaban J connectivity index is 2.91. The Morgan fingerprint density at radius 2 is 2.20 bits per heavy atom. The molecule has 4 nitrogen and oxygen atoms in total. The van der Waals surface area contributed by atoms with Crippen LogP contribution in [0.25, 0.3) is 0 Å². The summed E-state index contributed by atoms with van der Waals surface area (Å²) in [4.78, 5) is 10.9. The molecule has 0 fully saturated rings. The number of hydrogen-bond acceptors (Lipinski definition) is 3. The van der Waals surface area contributed by atoms with Gasteiger partial charge >= 0.3 is 0 Å². The largest absolute Gasteiger partial charge is 0.492 e. The number of hydrogen-bond donors (Lipinski definition) is 2. The Hall–Kier alpha value is -1.71. The predicted octanol–water partition coefficient (Wildman–Crippen LogP) is 2.09. The third-order valence-corrected chi connectivity index (χ3v) is 1.87. The number of amides is 1. The molecule has 1 rings (SSSR count). The molecular weight excluding hydrogens is 192 g/mol. The smallest absolute Gasteiger partial charge is 0.221 e. The molecule has 0 saturated carbocycles. The molecule has 0 unspecified atom stereocenters. The highest BCUT2D eigenvalue weighted by molar-refractivity contribution is 5.89. The number of benzene rings is 1. The molecule has 1 aromatic carbocycles. The van der Waals surface area contributed by atoms with Gasteiger partial charge in [-0.3, -0.25) is 4.79 Å². The molecule has 0 saturated heterocycles. The van der Waals surface area contributed by atoms with Gasteiger partial charge in [-0.25, -0.2) is 0 Å². The number of nitrogens with one attached hydrogen (secondary N) is 2. The summed E-state index contributed by atoms with van der Waals surface area (Å²) in [6.07, 6.45) is 0. The van der Waals surface area contributed by atoms with E-state index in [1.54, 1.807) is 0 Å². The lowest BCUT2D eigenvalue weighted by atomic mass is 10.2. The Kier molecular flexibility index (Phi) is 3.97. The SMILES string of the molecule is CCOc1ccc(NC(C)=O)cc1NC. The van der Waals surface area contributed by atoms with Gasteiger partial charge in [-0.05, 0) is 25.1 Å². The summed E-state index contributed by atoms with van der Waals surface area (Å²) in [5.41, 5.74) is 1.62. The lowest BCUT2D eigenvalue weighted by Crippen LogP contribution is -2.06. The van der Waals surface area contributed by atoms with E-state index in [4.69, 9.17) is 4.74 Å². The molecule has 0 heterocycles. The average molecular weight is 208 g/mol. The first-order valence-electron chi connectivity index (χ1n) is 4.89. The summed E-state index contributed by atoms with van der Waals surface area (Å²) in [7, 11) is 1.81. The standard InChI is InChI=1S/C11H16N2O2/c1-4-15-11-6-5-9(13-8(2)14)7-10(11)12-3/h5-7,12H,4H2,1-3H3,(H,13,14). The van der Waals surface area contributed by atoms with Crippen molar-refractivity contribution in [3.05, 3.63) is 18.2 Å². The van der Waals surface area contributed by atoms with Gasteiger partial charge in [-0.15, -0.1) is 0 Å². The van der Waals surface area contributed by atoms with Crippen molar-refractivity contribution in [2.75, 3.05) is 24.3 Å². The monoisotopic (exact) mass is 208 g/mol. The maximum absolute atomic E-state index is 10.9. The zero-order valence-electron chi connectivity index (χ0n) is 9.26.